The molecule has 0 radical (unpaired) electrons. The number of aryl methyl sites for hydroxylation is 2. The Bertz CT molecular complexity index is 470. The standard InChI is InChI=1S/C18H30N2O/c1-5-8-20(13(3)18-9-12(2)21-14(18)4)17-10-15-6-7-16(11-17)19-15/h9,13,15-17,19H,5-8,10-11H2,1-4H3. The molecular formula is C18H30N2O. The Morgan fingerprint density at radius 2 is 1.95 bits per heavy atom. The van der Waals surface area contributed by atoms with Gasteiger partial charge in [-0.25, -0.2) is 0 Å². The Labute approximate surface area is 129 Å². The number of nitrogens with zero attached hydrogens (tertiary/aromatic N) is 1. The van der Waals surface area contributed by atoms with Crippen LogP contribution in [-0.2, 0) is 0 Å². The lowest BCUT2D eigenvalue weighted by Crippen LogP contribution is -2.49. The van der Waals surface area contributed by atoms with Crippen LogP contribution in [-0.4, -0.2) is 29.6 Å². The highest BCUT2D eigenvalue weighted by Gasteiger charge is 2.37. The maximum absolute atomic E-state index is 5.77. The molecule has 1 aromatic heterocycles. The molecule has 21 heavy (non-hydrogen) atoms. The number of hydrogen-bond donors (Lipinski definition) is 1. The molecule has 2 aliphatic rings. The third kappa shape index (κ3) is 3.04. The fourth-order valence-corrected chi connectivity index (χ4v) is 4.49. The summed E-state index contributed by atoms with van der Waals surface area (Å²) >= 11 is 0. The van der Waals surface area contributed by atoms with E-state index in [1.54, 1.807) is 0 Å². The van der Waals surface area contributed by atoms with Crippen LogP contribution in [0.2, 0.25) is 0 Å². The van der Waals surface area contributed by atoms with Gasteiger partial charge >= 0.3 is 0 Å². The maximum atomic E-state index is 5.77. The van der Waals surface area contributed by atoms with E-state index in [1.165, 1.54) is 44.2 Å². The fraction of sp³-hybridized carbons (Fsp3) is 0.778. The topological polar surface area (TPSA) is 28.4 Å². The van der Waals surface area contributed by atoms with Crippen LogP contribution < -0.4 is 5.32 Å². The maximum Gasteiger partial charge on any atom is 0.105 e. The summed E-state index contributed by atoms with van der Waals surface area (Å²) < 4.78 is 5.77. The van der Waals surface area contributed by atoms with E-state index in [4.69, 9.17) is 4.42 Å². The molecule has 2 bridgehead atoms. The molecular weight excluding hydrogens is 260 g/mol. The zero-order valence-corrected chi connectivity index (χ0v) is 14.0. The zero-order valence-electron chi connectivity index (χ0n) is 14.0. The van der Waals surface area contributed by atoms with Gasteiger partial charge < -0.3 is 9.73 Å². The SMILES string of the molecule is CCCN(C1CC2CCC(C1)N2)C(C)c1cc(C)oc1C. The van der Waals surface area contributed by atoms with Gasteiger partial charge in [-0.2, -0.15) is 0 Å². The van der Waals surface area contributed by atoms with Gasteiger partial charge in [-0.15, -0.1) is 0 Å². The third-order valence-electron chi connectivity index (χ3n) is 5.43. The summed E-state index contributed by atoms with van der Waals surface area (Å²) in [5.41, 5.74) is 1.38. The number of furan rings is 1. The highest BCUT2D eigenvalue weighted by molar-refractivity contribution is 5.24. The minimum Gasteiger partial charge on any atom is -0.466 e. The van der Waals surface area contributed by atoms with Crippen molar-refractivity contribution in [1.82, 2.24) is 10.2 Å². The lowest BCUT2D eigenvalue weighted by atomic mass is 9.95. The molecule has 3 rings (SSSR count). The predicted molar refractivity (Wildman–Crippen MR) is 86.6 cm³/mol. The highest BCUT2D eigenvalue weighted by atomic mass is 16.3. The number of hydrogen-bond acceptors (Lipinski definition) is 3. The lowest BCUT2D eigenvalue weighted by Gasteiger charge is -2.41. The van der Waals surface area contributed by atoms with E-state index in [9.17, 15) is 0 Å². The van der Waals surface area contributed by atoms with Crippen molar-refractivity contribution in [2.75, 3.05) is 6.54 Å². The Hall–Kier alpha value is -0.800. The fourth-order valence-electron chi connectivity index (χ4n) is 4.49. The Kier molecular flexibility index (Phi) is 4.41. The Balaban J connectivity index is 1.78. The monoisotopic (exact) mass is 290 g/mol. The molecule has 118 valence electrons. The van der Waals surface area contributed by atoms with Crippen LogP contribution in [0.5, 0.6) is 0 Å². The molecule has 0 aromatic carbocycles. The first-order valence-corrected chi connectivity index (χ1v) is 8.67. The average molecular weight is 290 g/mol. The van der Waals surface area contributed by atoms with Crippen molar-refractivity contribution in [3.8, 4) is 0 Å². The van der Waals surface area contributed by atoms with Gasteiger partial charge in [0.2, 0.25) is 0 Å². The quantitative estimate of drug-likeness (QED) is 0.890. The second-order valence-electron chi connectivity index (χ2n) is 7.05. The Morgan fingerprint density at radius 3 is 2.48 bits per heavy atom. The largest absolute Gasteiger partial charge is 0.466 e. The number of piperidine rings is 1. The van der Waals surface area contributed by atoms with Crippen LogP contribution in [0, 0.1) is 13.8 Å². The summed E-state index contributed by atoms with van der Waals surface area (Å²) in [6, 6.07) is 4.94. The van der Waals surface area contributed by atoms with Gasteiger partial charge in [0.25, 0.3) is 0 Å². The van der Waals surface area contributed by atoms with Gasteiger partial charge in [-0.05, 0) is 65.5 Å². The molecule has 3 nitrogen and oxygen atoms in total. The van der Waals surface area contributed by atoms with E-state index in [-0.39, 0.29) is 0 Å². The summed E-state index contributed by atoms with van der Waals surface area (Å²) in [5.74, 6) is 2.13. The Morgan fingerprint density at radius 1 is 1.29 bits per heavy atom. The highest BCUT2D eigenvalue weighted by Crippen LogP contribution is 2.35. The van der Waals surface area contributed by atoms with Gasteiger partial charge in [0.15, 0.2) is 0 Å². The van der Waals surface area contributed by atoms with Crippen molar-refractivity contribution in [2.24, 2.45) is 0 Å². The predicted octanol–water partition coefficient (Wildman–Crippen LogP) is 3.95. The minimum atomic E-state index is 0.463. The number of rotatable bonds is 5. The van der Waals surface area contributed by atoms with Crippen LogP contribution in [0.1, 0.15) is 69.1 Å². The summed E-state index contributed by atoms with van der Waals surface area (Å²) in [5, 5.41) is 3.77. The second-order valence-corrected chi connectivity index (χ2v) is 7.05. The van der Waals surface area contributed by atoms with E-state index < -0.39 is 0 Å². The van der Waals surface area contributed by atoms with E-state index in [0.29, 0.717) is 6.04 Å². The van der Waals surface area contributed by atoms with Crippen molar-refractivity contribution < 1.29 is 4.42 Å². The average Bonchev–Trinajstić information content (AvgIpc) is 2.97. The van der Waals surface area contributed by atoms with Gasteiger partial charge in [-0.3, -0.25) is 4.90 Å². The minimum absolute atomic E-state index is 0.463. The first-order valence-electron chi connectivity index (χ1n) is 8.67. The normalized spacial score (nSPS) is 30.0. The van der Waals surface area contributed by atoms with Crippen LogP contribution in [0.15, 0.2) is 10.5 Å². The molecule has 3 unspecified atom stereocenters. The molecule has 0 amide bonds. The molecule has 2 fully saturated rings. The molecule has 1 aromatic rings. The molecule has 0 spiro atoms. The second kappa shape index (κ2) is 6.13. The van der Waals surface area contributed by atoms with Gasteiger partial charge in [0.1, 0.15) is 11.5 Å². The molecule has 1 N–H and O–H groups in total. The van der Waals surface area contributed by atoms with Crippen molar-refractivity contribution in [3.05, 3.63) is 23.2 Å². The zero-order chi connectivity index (χ0) is 15.0. The van der Waals surface area contributed by atoms with E-state index in [2.05, 4.69) is 44.0 Å². The van der Waals surface area contributed by atoms with Gasteiger partial charge in [0, 0.05) is 29.7 Å². The van der Waals surface area contributed by atoms with E-state index in [1.807, 2.05) is 0 Å². The number of nitrogens with one attached hydrogen (secondary N) is 1. The van der Waals surface area contributed by atoms with Crippen molar-refractivity contribution in [3.63, 3.8) is 0 Å². The molecule has 0 saturated carbocycles. The summed E-state index contributed by atoms with van der Waals surface area (Å²) in [6.45, 7) is 10.0. The summed E-state index contributed by atoms with van der Waals surface area (Å²) in [6.07, 6.45) is 6.60. The van der Waals surface area contributed by atoms with Crippen molar-refractivity contribution in [2.45, 2.75) is 84.0 Å². The van der Waals surface area contributed by atoms with Crippen LogP contribution in [0.4, 0.5) is 0 Å². The van der Waals surface area contributed by atoms with Crippen molar-refractivity contribution >= 4 is 0 Å². The molecule has 0 aliphatic carbocycles. The molecule has 3 heterocycles. The lowest BCUT2D eigenvalue weighted by molar-refractivity contribution is 0.100. The van der Waals surface area contributed by atoms with Crippen LogP contribution >= 0.6 is 0 Å². The molecule has 2 saturated heterocycles. The van der Waals surface area contributed by atoms with Gasteiger partial charge in [0.05, 0.1) is 0 Å². The van der Waals surface area contributed by atoms with E-state index in [0.717, 1.165) is 29.6 Å². The summed E-state index contributed by atoms with van der Waals surface area (Å²) in [7, 11) is 0. The van der Waals surface area contributed by atoms with Crippen LogP contribution in [0.25, 0.3) is 0 Å². The first kappa shape index (κ1) is 15.1. The van der Waals surface area contributed by atoms with Gasteiger partial charge in [-0.1, -0.05) is 6.92 Å². The molecule has 3 heteroatoms. The van der Waals surface area contributed by atoms with Crippen LogP contribution in [0.3, 0.4) is 0 Å². The summed E-state index contributed by atoms with van der Waals surface area (Å²) in [4.78, 5) is 2.74. The number of fused-ring (bicyclic) bond motifs is 2. The molecule has 2 aliphatic heterocycles. The first-order chi connectivity index (χ1) is 10.1. The molecule has 3 atom stereocenters. The van der Waals surface area contributed by atoms with Crippen molar-refractivity contribution in [1.29, 1.82) is 0 Å². The smallest absolute Gasteiger partial charge is 0.105 e. The third-order valence-corrected chi connectivity index (χ3v) is 5.43. The van der Waals surface area contributed by atoms with E-state index >= 15 is 0 Å².